The van der Waals surface area contributed by atoms with Crippen LogP contribution in [-0.4, -0.2) is 26.9 Å². The Morgan fingerprint density at radius 1 is 1.37 bits per heavy atom. The molecule has 0 aromatic carbocycles. The van der Waals surface area contributed by atoms with Gasteiger partial charge in [0.25, 0.3) is 5.91 Å². The Kier molecular flexibility index (Phi) is 4.79. The van der Waals surface area contributed by atoms with Crippen molar-refractivity contribution >= 4 is 27.6 Å². The van der Waals surface area contributed by atoms with Crippen LogP contribution in [0.3, 0.4) is 0 Å². The average molecular weight is 278 g/mol. The lowest BCUT2D eigenvalue weighted by Crippen LogP contribution is -2.34. The molecule has 5 nitrogen and oxygen atoms in total. The molecule has 6 heteroatoms. The fraction of sp³-hybridized carbons (Fsp3) is 0.538. The molecular weight excluding hydrogens is 260 g/mol. The summed E-state index contributed by atoms with van der Waals surface area (Å²) in [6.07, 6.45) is 7.24. The van der Waals surface area contributed by atoms with Gasteiger partial charge in [-0.1, -0.05) is 38.0 Å². The molecule has 2 aromatic rings. The molecule has 0 aliphatic heterocycles. The Balaban J connectivity index is 2.09. The minimum absolute atomic E-state index is 0.102. The minimum Gasteiger partial charge on any atom is -0.347 e. The van der Waals surface area contributed by atoms with Gasteiger partial charge in [0.2, 0.25) is 0 Å². The number of carbonyl (C=O) groups excluding carboxylic acids is 1. The van der Waals surface area contributed by atoms with Crippen LogP contribution >= 0.6 is 11.3 Å². The summed E-state index contributed by atoms with van der Waals surface area (Å²) >= 11 is 1.31. The molecule has 0 fully saturated rings. The molecular formula is C13H18N4OS. The van der Waals surface area contributed by atoms with Gasteiger partial charge in [-0.25, -0.2) is 15.0 Å². The van der Waals surface area contributed by atoms with Gasteiger partial charge in [0.15, 0.2) is 5.01 Å². The molecule has 19 heavy (non-hydrogen) atoms. The summed E-state index contributed by atoms with van der Waals surface area (Å²) in [5.41, 5.74) is 0.681. The van der Waals surface area contributed by atoms with E-state index in [0.29, 0.717) is 10.5 Å². The van der Waals surface area contributed by atoms with E-state index >= 15 is 0 Å². The molecule has 0 bridgehead atoms. The van der Waals surface area contributed by atoms with E-state index in [1.165, 1.54) is 17.7 Å². The van der Waals surface area contributed by atoms with E-state index in [1.807, 2.05) is 0 Å². The topological polar surface area (TPSA) is 67.8 Å². The van der Waals surface area contributed by atoms with Gasteiger partial charge in [0.05, 0.1) is 6.20 Å². The second kappa shape index (κ2) is 6.56. The van der Waals surface area contributed by atoms with E-state index in [9.17, 15) is 4.79 Å². The third kappa shape index (κ3) is 3.47. The maximum Gasteiger partial charge on any atom is 0.280 e. The maximum absolute atomic E-state index is 12.2. The monoisotopic (exact) mass is 278 g/mol. The Morgan fingerprint density at radius 3 is 2.74 bits per heavy atom. The summed E-state index contributed by atoms with van der Waals surface area (Å²) < 4.78 is 0. The fourth-order valence-electron chi connectivity index (χ4n) is 2.02. The molecule has 0 saturated carbocycles. The molecule has 0 aliphatic rings. The van der Waals surface area contributed by atoms with Crippen molar-refractivity contribution in [3.05, 3.63) is 17.5 Å². The second-order valence-electron chi connectivity index (χ2n) is 4.48. The van der Waals surface area contributed by atoms with Gasteiger partial charge < -0.3 is 5.32 Å². The highest BCUT2D eigenvalue weighted by Gasteiger charge is 2.16. The average Bonchev–Trinajstić information content (AvgIpc) is 2.83. The summed E-state index contributed by atoms with van der Waals surface area (Å²) in [5.74, 6) is -0.102. The highest BCUT2D eigenvalue weighted by molar-refractivity contribution is 7.19. The summed E-state index contributed by atoms with van der Waals surface area (Å²) in [5, 5.41) is 3.52. The Labute approximate surface area is 116 Å². The molecule has 0 radical (unpaired) electrons. The molecule has 0 atom stereocenters. The Hall–Kier alpha value is -1.56. The van der Waals surface area contributed by atoms with Crippen LogP contribution < -0.4 is 5.32 Å². The predicted molar refractivity (Wildman–Crippen MR) is 76.3 cm³/mol. The number of carbonyl (C=O) groups is 1. The van der Waals surface area contributed by atoms with Crippen LogP contribution in [0.25, 0.3) is 10.3 Å². The first kappa shape index (κ1) is 13.9. The highest BCUT2D eigenvalue weighted by Crippen LogP contribution is 2.18. The quantitative estimate of drug-likeness (QED) is 0.882. The molecule has 0 spiro atoms. The summed E-state index contributed by atoms with van der Waals surface area (Å²) in [6, 6.07) is 0.237. The van der Waals surface area contributed by atoms with E-state index in [2.05, 4.69) is 34.1 Å². The van der Waals surface area contributed by atoms with Gasteiger partial charge in [0, 0.05) is 6.04 Å². The number of aromatic nitrogens is 3. The standard InChI is InChI=1S/C13H18N4OS/c1-3-5-9(6-4-2)16-11(18)13-17-10-7-14-8-15-12(10)19-13/h7-9H,3-6H2,1-2H3,(H,16,18). The smallest absolute Gasteiger partial charge is 0.280 e. The first-order valence-electron chi connectivity index (χ1n) is 6.62. The van der Waals surface area contributed by atoms with Crippen molar-refractivity contribution in [2.24, 2.45) is 0 Å². The molecule has 102 valence electrons. The van der Waals surface area contributed by atoms with E-state index < -0.39 is 0 Å². The molecule has 0 aliphatic carbocycles. The molecule has 0 unspecified atom stereocenters. The lowest BCUT2D eigenvalue weighted by atomic mass is 10.1. The second-order valence-corrected chi connectivity index (χ2v) is 5.46. The number of fused-ring (bicyclic) bond motifs is 1. The number of hydrogen-bond donors (Lipinski definition) is 1. The Morgan fingerprint density at radius 2 is 2.11 bits per heavy atom. The van der Waals surface area contributed by atoms with E-state index in [0.717, 1.165) is 30.5 Å². The molecule has 2 aromatic heterocycles. The number of amides is 1. The fourth-order valence-corrected chi connectivity index (χ4v) is 2.80. The van der Waals surface area contributed by atoms with Crippen LogP contribution in [-0.2, 0) is 0 Å². The number of rotatable bonds is 6. The van der Waals surface area contributed by atoms with Gasteiger partial charge in [-0.15, -0.1) is 0 Å². The third-order valence-corrected chi connectivity index (χ3v) is 3.85. The van der Waals surface area contributed by atoms with Gasteiger partial charge in [-0.2, -0.15) is 0 Å². The number of nitrogens with one attached hydrogen (secondary N) is 1. The van der Waals surface area contributed by atoms with Crippen molar-refractivity contribution in [1.29, 1.82) is 0 Å². The molecule has 2 rings (SSSR count). The molecule has 1 amide bonds. The van der Waals surface area contributed by atoms with Gasteiger partial charge >= 0.3 is 0 Å². The zero-order valence-electron chi connectivity index (χ0n) is 11.2. The van der Waals surface area contributed by atoms with E-state index in [-0.39, 0.29) is 11.9 Å². The summed E-state index contributed by atoms with van der Waals surface area (Å²) in [4.78, 5) is 25.2. The van der Waals surface area contributed by atoms with Gasteiger partial charge in [-0.05, 0) is 12.8 Å². The lowest BCUT2D eigenvalue weighted by Gasteiger charge is -2.16. The Bertz CT molecular complexity index is 515. The van der Waals surface area contributed by atoms with Crippen molar-refractivity contribution in [2.45, 2.75) is 45.6 Å². The zero-order chi connectivity index (χ0) is 13.7. The lowest BCUT2D eigenvalue weighted by molar-refractivity contribution is 0.0932. The maximum atomic E-state index is 12.2. The number of hydrogen-bond acceptors (Lipinski definition) is 5. The van der Waals surface area contributed by atoms with Crippen LogP contribution in [0.4, 0.5) is 0 Å². The van der Waals surface area contributed by atoms with Gasteiger partial charge in [-0.3, -0.25) is 4.79 Å². The molecule has 0 saturated heterocycles. The van der Waals surface area contributed by atoms with Crippen molar-refractivity contribution < 1.29 is 4.79 Å². The van der Waals surface area contributed by atoms with Gasteiger partial charge in [0.1, 0.15) is 16.7 Å². The van der Waals surface area contributed by atoms with Crippen LogP contribution in [0, 0.1) is 0 Å². The van der Waals surface area contributed by atoms with Crippen LogP contribution in [0.1, 0.15) is 49.3 Å². The zero-order valence-corrected chi connectivity index (χ0v) is 12.0. The summed E-state index contributed by atoms with van der Waals surface area (Å²) in [6.45, 7) is 4.25. The third-order valence-electron chi connectivity index (χ3n) is 2.88. The number of thiazole rings is 1. The summed E-state index contributed by atoms with van der Waals surface area (Å²) in [7, 11) is 0. The van der Waals surface area contributed by atoms with Crippen LogP contribution in [0.5, 0.6) is 0 Å². The van der Waals surface area contributed by atoms with Crippen molar-refractivity contribution in [3.8, 4) is 0 Å². The van der Waals surface area contributed by atoms with Crippen LogP contribution in [0.15, 0.2) is 12.5 Å². The van der Waals surface area contributed by atoms with Crippen molar-refractivity contribution in [2.75, 3.05) is 0 Å². The van der Waals surface area contributed by atoms with Crippen molar-refractivity contribution in [3.63, 3.8) is 0 Å². The molecule has 2 heterocycles. The van der Waals surface area contributed by atoms with E-state index in [4.69, 9.17) is 0 Å². The van der Waals surface area contributed by atoms with Crippen LogP contribution in [0.2, 0.25) is 0 Å². The molecule has 1 N–H and O–H groups in total. The highest BCUT2D eigenvalue weighted by atomic mass is 32.1. The number of nitrogens with zero attached hydrogens (tertiary/aromatic N) is 3. The minimum atomic E-state index is -0.102. The predicted octanol–water partition coefficient (Wildman–Crippen LogP) is 2.78. The first-order chi connectivity index (χ1) is 9.24. The first-order valence-corrected chi connectivity index (χ1v) is 7.43. The largest absolute Gasteiger partial charge is 0.347 e. The van der Waals surface area contributed by atoms with E-state index in [1.54, 1.807) is 6.20 Å². The SMILES string of the molecule is CCCC(CCC)NC(=O)c1nc2cncnc2s1. The van der Waals surface area contributed by atoms with Crippen molar-refractivity contribution in [1.82, 2.24) is 20.3 Å². The normalized spacial score (nSPS) is 11.1.